The lowest BCUT2D eigenvalue weighted by Gasteiger charge is -2.22. The molecule has 0 atom stereocenters. The Bertz CT molecular complexity index is 1540. The molecule has 1 aliphatic heterocycles. The number of aromatic nitrogens is 3. The number of aromatic amines is 1. The number of benzene rings is 2. The number of H-pyrrole nitrogens is 1. The van der Waals surface area contributed by atoms with Crippen molar-refractivity contribution in [1.82, 2.24) is 14.8 Å². The van der Waals surface area contributed by atoms with E-state index in [0.29, 0.717) is 17.9 Å². The highest BCUT2D eigenvalue weighted by atomic mass is 16.5. The second kappa shape index (κ2) is 9.15. The first-order valence-corrected chi connectivity index (χ1v) is 12.1. The van der Waals surface area contributed by atoms with Gasteiger partial charge in [0.2, 0.25) is 0 Å². The van der Waals surface area contributed by atoms with Gasteiger partial charge in [-0.15, -0.1) is 0 Å². The smallest absolute Gasteiger partial charge is 0.309 e. The van der Waals surface area contributed by atoms with Crippen LogP contribution in [0.2, 0.25) is 0 Å². The van der Waals surface area contributed by atoms with Gasteiger partial charge in [0.25, 0.3) is 5.56 Å². The lowest BCUT2D eigenvalue weighted by atomic mass is 9.89. The number of nitrogens with one attached hydrogen (secondary N) is 1. The zero-order valence-electron chi connectivity index (χ0n) is 20.9. The largest absolute Gasteiger partial charge is 0.493 e. The predicted octanol–water partition coefficient (Wildman–Crippen LogP) is 4.99. The summed E-state index contributed by atoms with van der Waals surface area (Å²) in [5, 5.41) is 17.0. The molecule has 0 radical (unpaired) electrons. The van der Waals surface area contributed by atoms with Crippen LogP contribution >= 0.6 is 0 Å². The number of ether oxygens (including phenoxy) is 1. The van der Waals surface area contributed by atoms with Crippen LogP contribution in [-0.2, 0) is 24.7 Å². The predicted molar refractivity (Wildman–Crippen MR) is 140 cm³/mol. The van der Waals surface area contributed by atoms with Gasteiger partial charge in [0, 0.05) is 29.6 Å². The molecule has 7 heteroatoms. The Hall–Kier alpha value is -4.13. The molecule has 4 aromatic rings. The summed E-state index contributed by atoms with van der Waals surface area (Å²) in [6.07, 6.45) is 1.60. The van der Waals surface area contributed by atoms with Crippen LogP contribution in [0.1, 0.15) is 34.6 Å². The maximum atomic E-state index is 13.7. The van der Waals surface area contributed by atoms with E-state index in [2.05, 4.69) is 16.3 Å². The molecule has 36 heavy (non-hydrogen) atoms. The highest BCUT2D eigenvalue weighted by Crippen LogP contribution is 2.37. The molecule has 0 spiro atoms. The minimum atomic E-state index is -0.979. The maximum absolute atomic E-state index is 13.7. The van der Waals surface area contributed by atoms with Gasteiger partial charge in [-0.1, -0.05) is 24.3 Å². The Labute approximate surface area is 209 Å². The molecule has 184 valence electrons. The quantitative estimate of drug-likeness (QED) is 0.417. The van der Waals surface area contributed by atoms with E-state index in [9.17, 15) is 14.7 Å². The molecule has 0 aliphatic carbocycles. The van der Waals surface area contributed by atoms with E-state index in [1.54, 1.807) is 7.05 Å². The zero-order valence-corrected chi connectivity index (χ0v) is 20.9. The molecule has 0 saturated heterocycles. The first kappa shape index (κ1) is 23.6. The van der Waals surface area contributed by atoms with Crippen molar-refractivity contribution in [2.75, 3.05) is 6.61 Å². The van der Waals surface area contributed by atoms with Crippen LogP contribution in [0.4, 0.5) is 0 Å². The van der Waals surface area contributed by atoms with Crippen molar-refractivity contribution in [1.29, 1.82) is 0 Å². The van der Waals surface area contributed by atoms with Gasteiger partial charge in [-0.05, 0) is 79.6 Å². The fraction of sp³-hybridized carbons (Fsp3) is 0.276. The number of hydrogen-bond donors (Lipinski definition) is 2. The van der Waals surface area contributed by atoms with Crippen molar-refractivity contribution in [3.63, 3.8) is 0 Å². The zero-order chi connectivity index (χ0) is 25.6. The van der Waals surface area contributed by atoms with Crippen LogP contribution in [0.5, 0.6) is 5.75 Å². The third kappa shape index (κ3) is 4.00. The molecule has 2 aromatic carbocycles. The average molecular weight is 484 g/mol. The van der Waals surface area contributed by atoms with Gasteiger partial charge in [-0.3, -0.25) is 14.7 Å². The van der Waals surface area contributed by atoms with Gasteiger partial charge in [0.1, 0.15) is 5.75 Å². The number of carboxylic acid groups (broad SMARTS) is 1. The average Bonchev–Trinajstić information content (AvgIpc) is 3.20. The molecule has 1 aliphatic rings. The topological polar surface area (TPSA) is 97.2 Å². The molecule has 7 nitrogen and oxygen atoms in total. The van der Waals surface area contributed by atoms with Crippen LogP contribution in [-0.4, -0.2) is 32.4 Å². The van der Waals surface area contributed by atoms with Crippen LogP contribution in [0.25, 0.3) is 33.4 Å². The van der Waals surface area contributed by atoms with Crippen molar-refractivity contribution in [3.8, 4) is 39.1 Å². The molecule has 0 unspecified atom stereocenters. The third-order valence-corrected chi connectivity index (χ3v) is 7.05. The molecular formula is C29H29N3O4. The van der Waals surface area contributed by atoms with Crippen LogP contribution in [0, 0.1) is 20.8 Å². The van der Waals surface area contributed by atoms with E-state index in [1.807, 2.05) is 57.2 Å². The Morgan fingerprint density at radius 1 is 1.06 bits per heavy atom. The Morgan fingerprint density at radius 2 is 1.78 bits per heavy atom. The first-order chi connectivity index (χ1) is 17.3. The monoisotopic (exact) mass is 483 g/mol. The molecule has 2 aromatic heterocycles. The summed E-state index contributed by atoms with van der Waals surface area (Å²) in [4.78, 5) is 25.5. The number of fused-ring (bicyclic) bond motifs is 1. The maximum Gasteiger partial charge on any atom is 0.309 e. The van der Waals surface area contributed by atoms with Crippen molar-refractivity contribution in [3.05, 3.63) is 81.0 Å². The summed E-state index contributed by atoms with van der Waals surface area (Å²) in [5.41, 5.74) is 9.01. The van der Waals surface area contributed by atoms with Gasteiger partial charge in [-0.2, -0.15) is 5.10 Å². The van der Waals surface area contributed by atoms with Crippen LogP contribution < -0.4 is 10.3 Å². The number of carboxylic acids is 1. The van der Waals surface area contributed by atoms with Gasteiger partial charge in [-0.25, -0.2) is 0 Å². The van der Waals surface area contributed by atoms with E-state index in [1.165, 1.54) is 4.57 Å². The molecule has 0 fully saturated rings. The molecule has 2 N–H and O–H groups in total. The lowest BCUT2D eigenvalue weighted by molar-refractivity contribution is -0.136. The summed E-state index contributed by atoms with van der Waals surface area (Å²) in [6.45, 7) is 6.54. The minimum absolute atomic E-state index is 0.216. The highest BCUT2D eigenvalue weighted by Gasteiger charge is 2.23. The summed E-state index contributed by atoms with van der Waals surface area (Å²) in [5.74, 6) is -0.112. The lowest BCUT2D eigenvalue weighted by Crippen LogP contribution is -2.26. The van der Waals surface area contributed by atoms with Crippen molar-refractivity contribution in [2.45, 2.75) is 40.0 Å². The van der Waals surface area contributed by atoms with E-state index in [-0.39, 0.29) is 12.0 Å². The van der Waals surface area contributed by atoms with Gasteiger partial charge in [0.15, 0.2) is 0 Å². The van der Waals surface area contributed by atoms with Gasteiger partial charge < -0.3 is 14.4 Å². The van der Waals surface area contributed by atoms with E-state index >= 15 is 0 Å². The summed E-state index contributed by atoms with van der Waals surface area (Å²) < 4.78 is 7.27. The number of aliphatic carboxylic acids is 1. The second-order valence-electron chi connectivity index (χ2n) is 9.42. The number of aryl methyl sites for hydroxylation is 3. The fourth-order valence-corrected chi connectivity index (χ4v) is 5.36. The fourth-order valence-electron chi connectivity index (χ4n) is 5.36. The number of carbonyl (C=O) groups is 1. The summed E-state index contributed by atoms with van der Waals surface area (Å²) in [7, 11) is 1.66. The van der Waals surface area contributed by atoms with Crippen molar-refractivity contribution in [2.24, 2.45) is 7.05 Å². The molecule has 3 heterocycles. The SMILES string of the molecule is Cc1n[nH]c(C)c1-c1cccc(-c2c(C)c(-c3ccc4c(c3)CCCO4)c(CC(=O)O)n(C)c2=O)c1. The molecular weight excluding hydrogens is 454 g/mol. The third-order valence-electron chi connectivity index (χ3n) is 7.05. The Morgan fingerprint density at radius 3 is 2.47 bits per heavy atom. The summed E-state index contributed by atoms with van der Waals surface area (Å²) >= 11 is 0. The first-order valence-electron chi connectivity index (χ1n) is 12.1. The van der Waals surface area contributed by atoms with Crippen LogP contribution in [0.15, 0.2) is 47.3 Å². The number of nitrogens with zero attached hydrogens (tertiary/aromatic N) is 2. The van der Waals surface area contributed by atoms with E-state index < -0.39 is 5.97 Å². The number of rotatable bonds is 5. The number of pyridine rings is 1. The normalized spacial score (nSPS) is 12.8. The van der Waals surface area contributed by atoms with E-state index in [4.69, 9.17) is 4.74 Å². The second-order valence-corrected chi connectivity index (χ2v) is 9.42. The standard InChI is InChI=1S/C29H29N3O4/c1-16-26(22-10-11-24-19(13-22)9-6-12-36-24)23(15-25(33)34)32(4)29(35)27(16)20-7-5-8-21(14-20)28-17(2)30-31-18(28)3/h5,7-8,10-11,13-14H,6,9,12,15H2,1-4H3,(H,30,31)(H,33,34). The molecule has 5 rings (SSSR count). The van der Waals surface area contributed by atoms with Crippen molar-refractivity contribution >= 4 is 5.97 Å². The van der Waals surface area contributed by atoms with Gasteiger partial charge >= 0.3 is 5.97 Å². The number of hydrogen-bond acceptors (Lipinski definition) is 4. The molecule has 0 saturated carbocycles. The Balaban J connectivity index is 1.76. The van der Waals surface area contributed by atoms with Gasteiger partial charge in [0.05, 0.1) is 24.3 Å². The minimum Gasteiger partial charge on any atom is -0.493 e. The Kier molecular flexibility index (Phi) is 6.00. The summed E-state index contributed by atoms with van der Waals surface area (Å²) in [6, 6.07) is 13.9. The van der Waals surface area contributed by atoms with Crippen molar-refractivity contribution < 1.29 is 14.6 Å². The highest BCUT2D eigenvalue weighted by molar-refractivity contribution is 5.84. The van der Waals surface area contributed by atoms with Crippen LogP contribution in [0.3, 0.4) is 0 Å². The van der Waals surface area contributed by atoms with E-state index in [0.717, 1.165) is 68.9 Å². The molecule has 0 amide bonds. The molecule has 0 bridgehead atoms.